The second kappa shape index (κ2) is 21.2. The number of hydrogen-bond acceptors (Lipinski definition) is 3. The fourth-order valence-corrected chi connectivity index (χ4v) is 6.44. The Bertz CT molecular complexity index is 338. The summed E-state index contributed by atoms with van der Waals surface area (Å²) in [5.74, 6) is 0. The maximum absolute atomic E-state index is 6.24. The maximum atomic E-state index is 6.24. The summed E-state index contributed by atoms with van der Waals surface area (Å²) in [7, 11) is 2.22. The smallest absolute Gasteiger partial charge is 0.501 e. The average Bonchev–Trinajstić information content (AvgIpc) is 2.70. The molecule has 0 aromatic heterocycles. The van der Waals surface area contributed by atoms with Crippen molar-refractivity contribution in [2.24, 2.45) is 0 Å². The highest BCUT2D eigenvalue weighted by Crippen LogP contribution is 2.21. The van der Waals surface area contributed by atoms with Gasteiger partial charge in [-0.2, -0.15) is 0 Å². The first-order valence-electron chi connectivity index (χ1n) is 12.7. The van der Waals surface area contributed by atoms with Crippen LogP contribution in [0.5, 0.6) is 0 Å². The van der Waals surface area contributed by atoms with Gasteiger partial charge in [-0.3, -0.25) is 0 Å². The van der Waals surface area contributed by atoms with Crippen molar-refractivity contribution in [1.29, 1.82) is 0 Å². The Labute approximate surface area is 196 Å². The Morgan fingerprint density at radius 1 is 0.533 bits per heavy atom. The highest BCUT2D eigenvalue weighted by Gasteiger charge is 2.41. The van der Waals surface area contributed by atoms with Crippen molar-refractivity contribution in [2.45, 2.75) is 111 Å². The van der Waals surface area contributed by atoms with Crippen LogP contribution in [0.3, 0.4) is 0 Å². The van der Waals surface area contributed by atoms with Crippen LogP contribution in [-0.2, 0) is 13.3 Å². The van der Waals surface area contributed by atoms with E-state index in [9.17, 15) is 0 Å². The minimum atomic E-state index is -2.53. The van der Waals surface area contributed by atoms with E-state index >= 15 is 0 Å². The summed E-state index contributed by atoms with van der Waals surface area (Å²) in [4.78, 5) is 0. The quantitative estimate of drug-likeness (QED) is 0.138. The lowest BCUT2D eigenvalue weighted by atomic mass is 10.1. The van der Waals surface area contributed by atoms with Crippen molar-refractivity contribution >= 4 is 8.80 Å². The molecule has 0 aliphatic rings. The van der Waals surface area contributed by atoms with Crippen LogP contribution in [0, 0.1) is 0 Å². The molecule has 184 valence electrons. The molecular weight excluding hydrogens is 414 g/mol. The molecule has 30 heavy (non-hydrogen) atoms. The van der Waals surface area contributed by atoms with Gasteiger partial charge in [-0.15, -0.1) is 0 Å². The highest BCUT2D eigenvalue weighted by atomic mass is 35.5. The highest BCUT2D eigenvalue weighted by molar-refractivity contribution is 6.60. The molecule has 0 unspecified atom stereocenters. The number of rotatable bonds is 22. The standard InChI is InChI=1S/C24H54NO3Si.ClH/c1-7-11-12-13-14-15-16-17-19-25(5,6)20-18-24-29(26-21-8-2,27-22-9-3)28-23-10-4;/h7-24H2,1-6H3;1H/q+1;/p-1. The van der Waals surface area contributed by atoms with Gasteiger partial charge in [-0.05, 0) is 32.1 Å². The first-order valence-corrected chi connectivity index (χ1v) is 14.6. The topological polar surface area (TPSA) is 27.7 Å². The molecule has 0 amide bonds. The Kier molecular flexibility index (Phi) is 23.0. The molecule has 0 saturated heterocycles. The fourth-order valence-electron chi connectivity index (χ4n) is 3.62. The molecule has 0 aliphatic heterocycles. The van der Waals surface area contributed by atoms with Gasteiger partial charge in [-0.25, -0.2) is 0 Å². The maximum Gasteiger partial charge on any atom is 0.501 e. The van der Waals surface area contributed by atoms with Crippen molar-refractivity contribution in [3.8, 4) is 0 Å². The van der Waals surface area contributed by atoms with E-state index in [4.69, 9.17) is 13.3 Å². The van der Waals surface area contributed by atoms with E-state index in [1.165, 1.54) is 64.5 Å². The molecule has 6 heteroatoms. The Balaban J connectivity index is 0. The minimum absolute atomic E-state index is 0. The number of halogens is 1. The van der Waals surface area contributed by atoms with E-state index in [-0.39, 0.29) is 12.4 Å². The minimum Gasteiger partial charge on any atom is -1.00 e. The van der Waals surface area contributed by atoms with Crippen molar-refractivity contribution in [3.63, 3.8) is 0 Å². The van der Waals surface area contributed by atoms with E-state index in [1.807, 2.05) is 0 Å². The monoisotopic (exact) mass is 467 g/mol. The largest absolute Gasteiger partial charge is 1.00 e. The van der Waals surface area contributed by atoms with Crippen LogP contribution in [0.25, 0.3) is 0 Å². The second-order valence-electron chi connectivity index (χ2n) is 9.19. The lowest BCUT2D eigenvalue weighted by Gasteiger charge is -2.33. The zero-order valence-corrected chi connectivity index (χ0v) is 23.0. The number of nitrogens with zero attached hydrogens (tertiary/aromatic N) is 1. The van der Waals surface area contributed by atoms with Gasteiger partial charge in [0.2, 0.25) is 0 Å². The van der Waals surface area contributed by atoms with E-state index in [1.54, 1.807) is 0 Å². The van der Waals surface area contributed by atoms with E-state index in [0.29, 0.717) is 0 Å². The summed E-state index contributed by atoms with van der Waals surface area (Å²) < 4.78 is 19.8. The van der Waals surface area contributed by atoms with Crippen LogP contribution >= 0.6 is 0 Å². The van der Waals surface area contributed by atoms with Crippen LogP contribution in [0.15, 0.2) is 0 Å². The Morgan fingerprint density at radius 3 is 1.37 bits per heavy atom. The van der Waals surface area contributed by atoms with Crippen molar-refractivity contribution in [1.82, 2.24) is 0 Å². The first-order chi connectivity index (χ1) is 13.9. The predicted molar refractivity (Wildman–Crippen MR) is 128 cm³/mol. The summed E-state index contributed by atoms with van der Waals surface area (Å²) in [6.45, 7) is 13.4. The summed E-state index contributed by atoms with van der Waals surface area (Å²) in [6.07, 6.45) is 15.3. The lowest BCUT2D eigenvalue weighted by molar-refractivity contribution is -0.890. The first kappa shape index (κ1) is 32.5. The van der Waals surface area contributed by atoms with Crippen LogP contribution in [0.2, 0.25) is 6.04 Å². The second-order valence-corrected chi connectivity index (χ2v) is 11.9. The van der Waals surface area contributed by atoms with Gasteiger partial charge >= 0.3 is 8.80 Å². The molecular formula is C24H54ClNO3Si. The van der Waals surface area contributed by atoms with Gasteiger partial charge in [0.25, 0.3) is 0 Å². The SMILES string of the molecule is CCCCCCCCCC[N+](C)(C)CCC[Si](OCCC)(OCCC)OCCC.[Cl-]. The van der Waals surface area contributed by atoms with Crippen molar-refractivity contribution in [2.75, 3.05) is 47.0 Å². The third-order valence-corrected chi connectivity index (χ3v) is 8.34. The lowest BCUT2D eigenvalue weighted by Crippen LogP contribution is -3.00. The normalized spacial score (nSPS) is 12.2. The molecule has 0 radical (unpaired) electrons. The Hall–Kier alpha value is 0.347. The van der Waals surface area contributed by atoms with Crippen LogP contribution < -0.4 is 12.4 Å². The molecule has 0 rings (SSSR count). The molecule has 0 N–H and O–H groups in total. The van der Waals surface area contributed by atoms with E-state index in [0.717, 1.165) is 56.0 Å². The van der Waals surface area contributed by atoms with Crippen LogP contribution in [-0.4, -0.2) is 60.3 Å². The van der Waals surface area contributed by atoms with Gasteiger partial charge in [0.05, 0.1) is 27.2 Å². The molecule has 4 nitrogen and oxygen atoms in total. The summed E-state index contributed by atoms with van der Waals surface area (Å²) >= 11 is 0. The number of hydrogen-bond donors (Lipinski definition) is 0. The molecule has 0 spiro atoms. The van der Waals surface area contributed by atoms with Gasteiger partial charge in [0, 0.05) is 32.3 Å². The molecule has 0 aliphatic carbocycles. The van der Waals surface area contributed by atoms with Gasteiger partial charge in [0.15, 0.2) is 0 Å². The summed E-state index contributed by atoms with van der Waals surface area (Å²) in [5.41, 5.74) is 0. The molecule has 0 atom stereocenters. The molecule has 0 saturated carbocycles. The van der Waals surface area contributed by atoms with E-state index in [2.05, 4.69) is 41.8 Å². The average molecular weight is 468 g/mol. The zero-order valence-electron chi connectivity index (χ0n) is 21.3. The third-order valence-electron chi connectivity index (χ3n) is 5.44. The van der Waals surface area contributed by atoms with Gasteiger partial charge < -0.3 is 30.2 Å². The fraction of sp³-hybridized carbons (Fsp3) is 1.00. The molecule has 0 aromatic carbocycles. The van der Waals surface area contributed by atoms with Crippen molar-refractivity contribution < 1.29 is 30.2 Å². The third kappa shape index (κ3) is 18.0. The summed E-state index contributed by atoms with van der Waals surface area (Å²) in [5, 5.41) is 0. The van der Waals surface area contributed by atoms with Gasteiger partial charge in [0.1, 0.15) is 0 Å². The van der Waals surface area contributed by atoms with E-state index < -0.39 is 8.80 Å². The molecule has 0 aromatic rings. The molecule has 0 fully saturated rings. The number of quaternary nitrogens is 1. The Morgan fingerprint density at radius 2 is 0.933 bits per heavy atom. The van der Waals surface area contributed by atoms with Crippen molar-refractivity contribution in [3.05, 3.63) is 0 Å². The zero-order chi connectivity index (χ0) is 21.8. The predicted octanol–water partition coefficient (Wildman–Crippen LogP) is 3.82. The van der Waals surface area contributed by atoms with Gasteiger partial charge in [-0.1, -0.05) is 66.2 Å². The molecule has 0 bridgehead atoms. The number of unbranched alkanes of at least 4 members (excludes halogenated alkanes) is 7. The van der Waals surface area contributed by atoms with Crippen LogP contribution in [0.1, 0.15) is 105 Å². The van der Waals surface area contributed by atoms with Crippen LogP contribution in [0.4, 0.5) is 0 Å². The summed E-state index contributed by atoms with van der Waals surface area (Å²) in [6, 6.07) is 0.951. The molecule has 0 heterocycles.